The van der Waals surface area contributed by atoms with Gasteiger partial charge in [-0.25, -0.2) is 9.98 Å². The van der Waals surface area contributed by atoms with Gasteiger partial charge in [0, 0.05) is 28.4 Å². The summed E-state index contributed by atoms with van der Waals surface area (Å²) in [5.41, 5.74) is 8.31. The normalized spacial score (nSPS) is 12.7. The molecule has 0 aliphatic rings. The van der Waals surface area contributed by atoms with Crippen molar-refractivity contribution in [1.29, 1.82) is 0 Å². The highest BCUT2D eigenvalue weighted by Gasteiger charge is 2.20. The summed E-state index contributed by atoms with van der Waals surface area (Å²) in [4.78, 5) is 8.70. The van der Waals surface area contributed by atoms with Crippen LogP contribution in [0.15, 0.2) is 82.6 Å². The molecule has 1 aromatic heterocycles. The van der Waals surface area contributed by atoms with Gasteiger partial charge in [0.05, 0.1) is 11.9 Å². The van der Waals surface area contributed by atoms with Crippen LogP contribution in [-0.2, 0) is 6.42 Å². The van der Waals surface area contributed by atoms with Gasteiger partial charge >= 0.3 is 0 Å². The maximum absolute atomic E-state index is 10.6. The molecule has 0 bridgehead atoms. The van der Waals surface area contributed by atoms with Gasteiger partial charge in [0.2, 0.25) is 0 Å². The van der Waals surface area contributed by atoms with Crippen LogP contribution < -0.4 is 11.1 Å². The number of nitrogens with one attached hydrogen (secondary N) is 1. The van der Waals surface area contributed by atoms with Crippen LogP contribution in [0.1, 0.15) is 32.2 Å². The number of aromatic nitrogens is 1. The first-order valence-electron chi connectivity index (χ1n) is 10.2. The van der Waals surface area contributed by atoms with Crippen LogP contribution in [0.5, 0.6) is 0 Å². The van der Waals surface area contributed by atoms with E-state index in [4.69, 9.17) is 21.8 Å². The summed E-state index contributed by atoms with van der Waals surface area (Å²) >= 11 is 5.94. The van der Waals surface area contributed by atoms with Crippen molar-refractivity contribution in [1.82, 2.24) is 4.98 Å². The molecular weight excluding hydrogens is 424 g/mol. The van der Waals surface area contributed by atoms with Gasteiger partial charge in [-0.15, -0.1) is 0 Å². The van der Waals surface area contributed by atoms with E-state index in [1.54, 1.807) is 38.3 Å². The average Bonchev–Trinajstić information content (AvgIpc) is 3.23. The molecule has 0 radical (unpaired) electrons. The zero-order chi connectivity index (χ0) is 23.3. The number of hydrogen-bond acceptors (Lipinski definition) is 6. The summed E-state index contributed by atoms with van der Waals surface area (Å²) in [5, 5.41) is 14.3. The third kappa shape index (κ3) is 6.09. The number of benzene rings is 2. The zero-order valence-corrected chi connectivity index (χ0v) is 19.1. The largest absolute Gasteiger partial charge is 0.441 e. The maximum Gasteiger partial charge on any atom is 0.194 e. The highest BCUT2D eigenvalue weighted by molar-refractivity contribution is 6.30. The molecule has 166 valence electrons. The van der Waals surface area contributed by atoms with Crippen molar-refractivity contribution in [3.8, 4) is 11.3 Å². The monoisotopic (exact) mass is 450 g/mol. The predicted octanol–water partition coefficient (Wildman–Crippen LogP) is 5.65. The molecule has 0 aliphatic carbocycles. The lowest BCUT2D eigenvalue weighted by atomic mass is 10.00. The predicted molar refractivity (Wildman–Crippen MR) is 131 cm³/mol. The smallest absolute Gasteiger partial charge is 0.194 e. The van der Waals surface area contributed by atoms with Crippen LogP contribution in [0, 0.1) is 0 Å². The Hall–Kier alpha value is -3.35. The average molecular weight is 451 g/mol. The number of halogens is 1. The summed E-state index contributed by atoms with van der Waals surface area (Å²) in [6.45, 7) is 9.24. The van der Waals surface area contributed by atoms with Gasteiger partial charge in [0.15, 0.2) is 11.7 Å². The van der Waals surface area contributed by atoms with Crippen molar-refractivity contribution in [3.63, 3.8) is 0 Å². The Morgan fingerprint density at radius 3 is 2.44 bits per heavy atom. The zero-order valence-electron chi connectivity index (χ0n) is 18.4. The first-order chi connectivity index (χ1) is 15.2. The molecule has 0 amide bonds. The Morgan fingerprint density at radius 2 is 1.88 bits per heavy atom. The van der Waals surface area contributed by atoms with Gasteiger partial charge in [-0.2, -0.15) is 0 Å². The molecule has 0 saturated carbocycles. The summed E-state index contributed by atoms with van der Waals surface area (Å²) in [6, 6.07) is 14.8. The van der Waals surface area contributed by atoms with E-state index in [9.17, 15) is 5.11 Å². The highest BCUT2D eigenvalue weighted by Crippen LogP contribution is 2.23. The van der Waals surface area contributed by atoms with E-state index in [1.807, 2.05) is 43.3 Å². The Bertz CT molecular complexity index is 1140. The summed E-state index contributed by atoms with van der Waals surface area (Å²) in [7, 11) is 0. The molecule has 1 heterocycles. The van der Waals surface area contributed by atoms with Crippen molar-refractivity contribution in [3.05, 3.63) is 89.7 Å². The Kier molecular flexibility index (Phi) is 7.18. The van der Waals surface area contributed by atoms with Crippen LogP contribution in [-0.4, -0.2) is 21.4 Å². The SMILES string of the molecule is C=C(/N=C(\C=C(/N)c1ccc(Cl)cc1)C(C)(C)O)Nc1ccc(-c2cnc(CC)o2)cc1. The van der Waals surface area contributed by atoms with Crippen molar-refractivity contribution < 1.29 is 9.52 Å². The van der Waals surface area contributed by atoms with Gasteiger partial charge in [-0.05, 0) is 61.9 Å². The van der Waals surface area contributed by atoms with E-state index in [-0.39, 0.29) is 0 Å². The molecule has 32 heavy (non-hydrogen) atoms. The van der Waals surface area contributed by atoms with E-state index >= 15 is 0 Å². The van der Waals surface area contributed by atoms with Crippen LogP contribution in [0.2, 0.25) is 5.02 Å². The molecule has 0 fully saturated rings. The highest BCUT2D eigenvalue weighted by atomic mass is 35.5. The number of oxazole rings is 1. The second kappa shape index (κ2) is 9.85. The van der Waals surface area contributed by atoms with Crippen molar-refractivity contribution >= 4 is 28.7 Å². The minimum atomic E-state index is -1.23. The van der Waals surface area contributed by atoms with Gasteiger partial charge in [-0.1, -0.05) is 37.2 Å². The number of aryl methyl sites for hydroxylation is 1. The molecule has 4 N–H and O–H groups in total. The minimum Gasteiger partial charge on any atom is -0.441 e. The second-order valence-corrected chi connectivity index (χ2v) is 8.22. The van der Waals surface area contributed by atoms with E-state index < -0.39 is 5.60 Å². The van der Waals surface area contributed by atoms with Crippen molar-refractivity contribution in [2.75, 3.05) is 5.32 Å². The molecule has 0 unspecified atom stereocenters. The molecular formula is C25H27ClN4O2. The van der Waals surface area contributed by atoms with E-state index in [0.717, 1.165) is 29.0 Å². The van der Waals surface area contributed by atoms with Crippen LogP contribution in [0.4, 0.5) is 5.69 Å². The van der Waals surface area contributed by atoms with Gasteiger partial charge in [0.1, 0.15) is 11.4 Å². The van der Waals surface area contributed by atoms with Gasteiger partial charge < -0.3 is 20.6 Å². The molecule has 0 spiro atoms. The first kappa shape index (κ1) is 23.3. The quantitative estimate of drug-likeness (QED) is 0.385. The topological polar surface area (TPSA) is 96.7 Å². The molecule has 6 nitrogen and oxygen atoms in total. The standard InChI is InChI=1S/C25H27ClN4O2/c1-5-24-28-15-22(32-24)18-8-12-20(13-9-18)29-16(2)30-23(25(3,4)31)14-21(27)17-6-10-19(26)11-7-17/h6-15,29,31H,2,5,27H2,1,3-4H3/b21-14-,30-23+. The first-order valence-corrected chi connectivity index (χ1v) is 10.6. The number of aliphatic imine (C=N–C) groups is 1. The fraction of sp³-hybridized carbons (Fsp3) is 0.200. The third-order valence-corrected chi connectivity index (χ3v) is 4.92. The fourth-order valence-electron chi connectivity index (χ4n) is 2.88. The number of nitrogens with zero attached hydrogens (tertiary/aromatic N) is 2. The third-order valence-electron chi connectivity index (χ3n) is 4.67. The Morgan fingerprint density at radius 1 is 1.22 bits per heavy atom. The van der Waals surface area contributed by atoms with Crippen LogP contribution in [0.3, 0.4) is 0 Å². The molecule has 0 saturated heterocycles. The molecule has 3 rings (SSSR count). The van der Waals surface area contributed by atoms with Crippen molar-refractivity contribution in [2.45, 2.75) is 32.8 Å². The summed E-state index contributed by atoms with van der Waals surface area (Å²) in [6.07, 6.45) is 4.10. The summed E-state index contributed by atoms with van der Waals surface area (Å²) in [5.74, 6) is 1.79. The molecule has 2 aromatic carbocycles. The lowest BCUT2D eigenvalue weighted by molar-refractivity contribution is 0.155. The van der Waals surface area contributed by atoms with E-state index in [2.05, 4.69) is 21.9 Å². The number of aliphatic hydroxyl groups is 1. The Labute approximate surface area is 193 Å². The van der Waals surface area contributed by atoms with Crippen LogP contribution in [0.25, 0.3) is 17.0 Å². The lowest BCUT2D eigenvalue weighted by Gasteiger charge is -2.19. The number of hydrogen-bond donors (Lipinski definition) is 3. The maximum atomic E-state index is 10.6. The van der Waals surface area contributed by atoms with Crippen molar-refractivity contribution in [2.24, 2.45) is 10.7 Å². The molecule has 3 aromatic rings. The van der Waals surface area contributed by atoms with Gasteiger partial charge in [-0.3, -0.25) is 0 Å². The number of rotatable bonds is 8. The van der Waals surface area contributed by atoms with Crippen LogP contribution >= 0.6 is 11.6 Å². The molecule has 0 aliphatic heterocycles. The number of anilines is 1. The van der Waals surface area contributed by atoms with Gasteiger partial charge in [0.25, 0.3) is 0 Å². The lowest BCUT2D eigenvalue weighted by Crippen LogP contribution is -2.30. The summed E-state index contributed by atoms with van der Waals surface area (Å²) < 4.78 is 5.69. The Balaban J connectivity index is 1.77. The molecule has 0 atom stereocenters. The molecule has 7 heteroatoms. The number of nitrogens with two attached hydrogens (primary N) is 1. The van der Waals surface area contributed by atoms with E-state index in [0.29, 0.717) is 28.1 Å². The minimum absolute atomic E-state index is 0.364. The fourth-order valence-corrected chi connectivity index (χ4v) is 3.01. The van der Waals surface area contributed by atoms with E-state index in [1.165, 1.54) is 0 Å². The second-order valence-electron chi connectivity index (χ2n) is 7.78.